The number of nitrogens with one attached hydrogen (secondary N) is 1. The van der Waals surface area contributed by atoms with E-state index in [-0.39, 0.29) is 21.6 Å². The van der Waals surface area contributed by atoms with Gasteiger partial charge in [-0.05, 0) is 12.1 Å². The number of rotatable bonds is 2. The number of aromatic nitrogens is 1. The minimum absolute atomic E-state index is 0.224. The Balaban J connectivity index is 2.26. The first-order valence-corrected chi connectivity index (χ1v) is 5.29. The van der Waals surface area contributed by atoms with Crippen molar-refractivity contribution in [2.45, 2.75) is 0 Å². The van der Waals surface area contributed by atoms with Crippen molar-refractivity contribution in [1.82, 2.24) is 5.16 Å². The van der Waals surface area contributed by atoms with Gasteiger partial charge in [-0.3, -0.25) is 4.79 Å². The Morgan fingerprint density at radius 1 is 1.41 bits per heavy atom. The molecule has 0 aliphatic rings. The summed E-state index contributed by atoms with van der Waals surface area (Å²) in [4.78, 5) is 11.8. The molecule has 0 spiro atoms. The van der Waals surface area contributed by atoms with E-state index in [0.29, 0.717) is 11.3 Å². The van der Waals surface area contributed by atoms with E-state index >= 15 is 0 Å². The van der Waals surface area contributed by atoms with Gasteiger partial charge in [0.25, 0.3) is 5.91 Å². The Morgan fingerprint density at radius 3 is 2.76 bits per heavy atom. The Labute approximate surface area is 106 Å². The molecule has 3 N–H and O–H groups in total. The minimum atomic E-state index is -0.376. The van der Waals surface area contributed by atoms with Gasteiger partial charge in [0.2, 0.25) is 0 Å². The molecule has 2 rings (SSSR count). The first-order chi connectivity index (χ1) is 8.08. The molecule has 88 valence electrons. The Bertz CT molecular complexity index is 532. The zero-order valence-electron chi connectivity index (χ0n) is 8.41. The van der Waals surface area contributed by atoms with Gasteiger partial charge in [-0.25, -0.2) is 0 Å². The van der Waals surface area contributed by atoms with Crippen LogP contribution in [0.4, 0.5) is 11.4 Å². The number of benzene rings is 1. The average Bonchev–Trinajstić information content (AvgIpc) is 2.77. The maximum Gasteiger partial charge on any atom is 0.255 e. The van der Waals surface area contributed by atoms with E-state index in [4.69, 9.17) is 28.9 Å². The highest BCUT2D eigenvalue weighted by Crippen LogP contribution is 2.29. The fourth-order valence-corrected chi connectivity index (χ4v) is 1.55. The molecule has 1 aromatic heterocycles. The molecule has 7 heteroatoms. The quantitative estimate of drug-likeness (QED) is 0.823. The number of amides is 1. The molecular weight excluding hydrogens is 265 g/mol. The summed E-state index contributed by atoms with van der Waals surface area (Å²) in [6, 6.07) is 2.88. The number of halogens is 2. The molecule has 0 saturated heterocycles. The van der Waals surface area contributed by atoms with E-state index < -0.39 is 0 Å². The summed E-state index contributed by atoms with van der Waals surface area (Å²) in [5.41, 5.74) is 6.60. The molecule has 2 aromatic rings. The van der Waals surface area contributed by atoms with E-state index in [0.717, 1.165) is 0 Å². The predicted octanol–water partition coefficient (Wildman–Crippen LogP) is 2.82. The van der Waals surface area contributed by atoms with Crippen LogP contribution in [0.1, 0.15) is 10.4 Å². The lowest BCUT2D eigenvalue weighted by atomic mass is 10.2. The lowest BCUT2D eigenvalue weighted by Crippen LogP contribution is -2.11. The van der Waals surface area contributed by atoms with E-state index in [1.807, 2.05) is 0 Å². The Hall–Kier alpha value is -1.72. The Morgan fingerprint density at radius 2 is 2.18 bits per heavy atom. The van der Waals surface area contributed by atoms with Crippen molar-refractivity contribution in [2.75, 3.05) is 11.1 Å². The second-order valence-electron chi connectivity index (χ2n) is 3.23. The molecule has 0 unspecified atom stereocenters. The van der Waals surface area contributed by atoms with E-state index in [9.17, 15) is 4.79 Å². The van der Waals surface area contributed by atoms with Crippen molar-refractivity contribution in [3.8, 4) is 0 Å². The fourth-order valence-electron chi connectivity index (χ4n) is 1.21. The number of hydrogen-bond donors (Lipinski definition) is 2. The number of nitrogens with two attached hydrogens (primary N) is 1. The normalized spacial score (nSPS) is 10.2. The van der Waals surface area contributed by atoms with Crippen LogP contribution in [-0.4, -0.2) is 11.1 Å². The highest BCUT2D eigenvalue weighted by atomic mass is 35.5. The zero-order chi connectivity index (χ0) is 12.4. The summed E-state index contributed by atoms with van der Waals surface area (Å²) in [6.07, 6.45) is 2.68. The number of carbonyl (C=O) groups excluding carboxylic acids is 1. The molecule has 5 nitrogen and oxygen atoms in total. The van der Waals surface area contributed by atoms with Crippen LogP contribution in [0.5, 0.6) is 0 Å². The van der Waals surface area contributed by atoms with Crippen molar-refractivity contribution in [2.24, 2.45) is 0 Å². The standard InChI is InChI=1S/C10H7Cl2N3O2/c11-7-1-5(2-8(13)9(7)12)10(16)15-6-3-14-17-4-6/h1-4H,13H2,(H,15,16). The molecule has 0 aliphatic carbocycles. The lowest BCUT2D eigenvalue weighted by Gasteiger charge is -2.06. The van der Waals surface area contributed by atoms with Crippen LogP contribution in [0.3, 0.4) is 0 Å². The maximum atomic E-state index is 11.8. The van der Waals surface area contributed by atoms with E-state index in [1.54, 1.807) is 0 Å². The molecular formula is C10H7Cl2N3O2. The van der Waals surface area contributed by atoms with Crippen molar-refractivity contribution in [3.63, 3.8) is 0 Å². The molecule has 0 atom stereocenters. The fraction of sp³-hybridized carbons (Fsp3) is 0. The van der Waals surface area contributed by atoms with Crippen LogP contribution in [0.25, 0.3) is 0 Å². The van der Waals surface area contributed by atoms with Crippen molar-refractivity contribution in [1.29, 1.82) is 0 Å². The SMILES string of the molecule is Nc1cc(C(=O)Nc2cnoc2)cc(Cl)c1Cl. The van der Waals surface area contributed by atoms with Gasteiger partial charge in [0.1, 0.15) is 12.0 Å². The van der Waals surface area contributed by atoms with Gasteiger partial charge in [0.05, 0.1) is 21.9 Å². The van der Waals surface area contributed by atoms with Crippen LogP contribution in [0.2, 0.25) is 10.0 Å². The van der Waals surface area contributed by atoms with Gasteiger partial charge in [0.15, 0.2) is 0 Å². The van der Waals surface area contributed by atoms with Crippen LogP contribution >= 0.6 is 23.2 Å². The number of nitrogens with zero attached hydrogens (tertiary/aromatic N) is 1. The van der Waals surface area contributed by atoms with Gasteiger partial charge < -0.3 is 15.6 Å². The minimum Gasteiger partial charge on any atom is -0.397 e. The molecule has 1 heterocycles. The summed E-state index contributed by atoms with van der Waals surface area (Å²) in [5, 5.41) is 6.47. The smallest absolute Gasteiger partial charge is 0.255 e. The first-order valence-electron chi connectivity index (χ1n) is 4.53. The molecule has 0 aliphatic heterocycles. The second-order valence-corrected chi connectivity index (χ2v) is 4.01. The first kappa shape index (κ1) is 11.8. The number of anilines is 2. The molecule has 0 saturated carbocycles. The third-order valence-corrected chi connectivity index (χ3v) is 2.83. The van der Waals surface area contributed by atoms with Crippen molar-refractivity contribution >= 4 is 40.5 Å². The monoisotopic (exact) mass is 271 g/mol. The topological polar surface area (TPSA) is 81.2 Å². The summed E-state index contributed by atoms with van der Waals surface area (Å²) >= 11 is 11.6. The third kappa shape index (κ3) is 2.51. The van der Waals surface area contributed by atoms with Crippen LogP contribution in [0, 0.1) is 0 Å². The summed E-state index contributed by atoms with van der Waals surface area (Å²) in [7, 11) is 0. The third-order valence-electron chi connectivity index (χ3n) is 2.01. The highest BCUT2D eigenvalue weighted by Gasteiger charge is 2.12. The van der Waals surface area contributed by atoms with Gasteiger partial charge in [-0.1, -0.05) is 28.4 Å². The molecule has 1 aromatic carbocycles. The molecule has 0 radical (unpaired) electrons. The van der Waals surface area contributed by atoms with Crippen LogP contribution in [-0.2, 0) is 0 Å². The molecule has 0 fully saturated rings. The number of carbonyl (C=O) groups is 1. The van der Waals surface area contributed by atoms with E-state index in [1.165, 1.54) is 24.6 Å². The number of nitrogen functional groups attached to an aromatic ring is 1. The molecule has 17 heavy (non-hydrogen) atoms. The second kappa shape index (κ2) is 4.65. The van der Waals surface area contributed by atoms with Crippen LogP contribution < -0.4 is 11.1 Å². The van der Waals surface area contributed by atoms with Crippen molar-refractivity contribution in [3.05, 3.63) is 40.2 Å². The highest BCUT2D eigenvalue weighted by molar-refractivity contribution is 6.44. The predicted molar refractivity (Wildman–Crippen MR) is 65.3 cm³/mol. The Kier molecular flexibility index (Phi) is 3.21. The molecule has 0 bridgehead atoms. The van der Waals surface area contributed by atoms with Crippen molar-refractivity contribution < 1.29 is 9.32 Å². The van der Waals surface area contributed by atoms with Gasteiger partial charge >= 0.3 is 0 Å². The lowest BCUT2D eigenvalue weighted by molar-refractivity contribution is 0.102. The van der Waals surface area contributed by atoms with Crippen LogP contribution in [0.15, 0.2) is 29.1 Å². The van der Waals surface area contributed by atoms with Gasteiger partial charge in [-0.15, -0.1) is 0 Å². The summed E-state index contributed by atoms with van der Waals surface area (Å²) in [5.74, 6) is -0.376. The largest absolute Gasteiger partial charge is 0.397 e. The van der Waals surface area contributed by atoms with E-state index in [2.05, 4.69) is 15.0 Å². The zero-order valence-corrected chi connectivity index (χ0v) is 9.92. The average molecular weight is 272 g/mol. The summed E-state index contributed by atoms with van der Waals surface area (Å²) in [6.45, 7) is 0. The molecule has 1 amide bonds. The summed E-state index contributed by atoms with van der Waals surface area (Å²) < 4.78 is 4.58. The number of hydrogen-bond acceptors (Lipinski definition) is 4. The maximum absolute atomic E-state index is 11.8. The van der Waals surface area contributed by atoms with Gasteiger partial charge in [-0.2, -0.15) is 0 Å². The van der Waals surface area contributed by atoms with Gasteiger partial charge in [0, 0.05) is 5.56 Å².